The molecule has 0 saturated carbocycles. The van der Waals surface area contributed by atoms with E-state index in [0.717, 1.165) is 22.2 Å². The highest BCUT2D eigenvalue weighted by atomic mass is 79.9. The van der Waals surface area contributed by atoms with Crippen molar-refractivity contribution in [3.63, 3.8) is 0 Å². The van der Waals surface area contributed by atoms with E-state index in [9.17, 15) is 8.78 Å². The molecule has 0 aliphatic carbocycles. The highest BCUT2D eigenvalue weighted by molar-refractivity contribution is 9.10. The second-order valence-corrected chi connectivity index (χ2v) is 5.55. The van der Waals surface area contributed by atoms with Crippen molar-refractivity contribution in [2.45, 2.75) is 6.54 Å². The highest BCUT2D eigenvalue weighted by Crippen LogP contribution is 2.21. The molecule has 5 heteroatoms. The van der Waals surface area contributed by atoms with Crippen molar-refractivity contribution in [3.05, 3.63) is 76.5 Å². The molecule has 0 aliphatic rings. The van der Waals surface area contributed by atoms with Gasteiger partial charge in [0, 0.05) is 29.0 Å². The van der Waals surface area contributed by atoms with Crippen LogP contribution in [0, 0.1) is 11.6 Å². The van der Waals surface area contributed by atoms with Gasteiger partial charge in [0.1, 0.15) is 5.82 Å². The van der Waals surface area contributed by atoms with Gasteiger partial charge >= 0.3 is 0 Å². The van der Waals surface area contributed by atoms with E-state index >= 15 is 0 Å². The lowest BCUT2D eigenvalue weighted by molar-refractivity contribution is 0.509. The summed E-state index contributed by atoms with van der Waals surface area (Å²) in [5.41, 5.74) is 1.65. The molecule has 0 aliphatic heterocycles. The summed E-state index contributed by atoms with van der Waals surface area (Å²) < 4.78 is 29.3. The van der Waals surface area contributed by atoms with Gasteiger partial charge in [0.15, 0.2) is 11.6 Å². The molecule has 2 nitrogen and oxygen atoms in total. The Morgan fingerprint density at radius 2 is 1.76 bits per heavy atom. The van der Waals surface area contributed by atoms with Gasteiger partial charge in [0.05, 0.1) is 0 Å². The van der Waals surface area contributed by atoms with Crippen molar-refractivity contribution < 1.29 is 8.78 Å². The third-order valence-electron chi connectivity index (χ3n) is 3.16. The summed E-state index contributed by atoms with van der Waals surface area (Å²) >= 11 is 3.39. The van der Waals surface area contributed by atoms with Crippen LogP contribution in [0.2, 0.25) is 0 Å². The van der Waals surface area contributed by atoms with Gasteiger partial charge < -0.3 is 4.57 Å². The van der Waals surface area contributed by atoms with E-state index in [-0.39, 0.29) is 0 Å². The summed E-state index contributed by atoms with van der Waals surface area (Å²) in [5, 5.41) is 0. The van der Waals surface area contributed by atoms with Gasteiger partial charge in [0.25, 0.3) is 0 Å². The Morgan fingerprint density at radius 1 is 1.00 bits per heavy atom. The molecule has 1 heterocycles. The molecule has 2 aromatic carbocycles. The lowest BCUT2D eigenvalue weighted by atomic mass is 10.2. The fourth-order valence-corrected chi connectivity index (χ4v) is 2.38. The minimum Gasteiger partial charge on any atom is -0.327 e. The van der Waals surface area contributed by atoms with Crippen molar-refractivity contribution in [2.24, 2.45) is 0 Å². The fourth-order valence-electron chi connectivity index (χ4n) is 2.12. The van der Waals surface area contributed by atoms with Crippen LogP contribution in [0.15, 0.2) is 59.3 Å². The van der Waals surface area contributed by atoms with Crippen LogP contribution >= 0.6 is 15.9 Å². The Morgan fingerprint density at radius 3 is 2.48 bits per heavy atom. The number of imidazole rings is 1. The first-order valence-electron chi connectivity index (χ1n) is 6.34. The average Bonchev–Trinajstić information content (AvgIpc) is 2.92. The predicted molar refractivity (Wildman–Crippen MR) is 80.8 cm³/mol. The van der Waals surface area contributed by atoms with E-state index in [1.165, 1.54) is 6.07 Å². The molecule has 0 amide bonds. The quantitative estimate of drug-likeness (QED) is 0.674. The van der Waals surface area contributed by atoms with Crippen molar-refractivity contribution in [3.8, 4) is 11.4 Å². The Kier molecular flexibility index (Phi) is 3.84. The summed E-state index contributed by atoms with van der Waals surface area (Å²) in [4.78, 5) is 4.24. The molecule has 21 heavy (non-hydrogen) atoms. The first kappa shape index (κ1) is 13.9. The Labute approximate surface area is 129 Å². The van der Waals surface area contributed by atoms with Crippen LogP contribution in [-0.4, -0.2) is 9.55 Å². The fraction of sp³-hybridized carbons (Fsp3) is 0.0625. The first-order chi connectivity index (χ1) is 10.1. The van der Waals surface area contributed by atoms with Gasteiger partial charge in [0.2, 0.25) is 0 Å². The SMILES string of the molecule is Fc1ccc(-c2nccn2Cc2ccc(Br)cc2)cc1F. The second-order valence-electron chi connectivity index (χ2n) is 4.63. The van der Waals surface area contributed by atoms with Crippen LogP contribution in [0.1, 0.15) is 5.56 Å². The van der Waals surface area contributed by atoms with E-state index in [1.54, 1.807) is 6.20 Å². The van der Waals surface area contributed by atoms with Crippen LogP contribution in [0.4, 0.5) is 8.78 Å². The highest BCUT2D eigenvalue weighted by Gasteiger charge is 2.10. The summed E-state index contributed by atoms with van der Waals surface area (Å²) in [6, 6.07) is 11.7. The third kappa shape index (κ3) is 3.03. The maximum atomic E-state index is 13.4. The Balaban J connectivity index is 1.93. The molecule has 0 atom stereocenters. The van der Waals surface area contributed by atoms with Crippen molar-refractivity contribution in [1.29, 1.82) is 0 Å². The maximum absolute atomic E-state index is 13.4. The van der Waals surface area contributed by atoms with E-state index in [4.69, 9.17) is 0 Å². The summed E-state index contributed by atoms with van der Waals surface area (Å²) in [7, 11) is 0. The Bertz CT molecular complexity index is 766. The van der Waals surface area contributed by atoms with Gasteiger partial charge in [-0.2, -0.15) is 0 Å². The Hall–Kier alpha value is -2.01. The molecule has 1 aromatic heterocycles. The summed E-state index contributed by atoms with van der Waals surface area (Å²) in [6.07, 6.45) is 3.47. The molecule has 0 saturated heterocycles. The minimum absolute atomic E-state index is 0.552. The molecule has 3 aromatic rings. The van der Waals surface area contributed by atoms with Crippen LogP contribution in [0.25, 0.3) is 11.4 Å². The molecule has 0 N–H and O–H groups in total. The number of halogens is 3. The maximum Gasteiger partial charge on any atom is 0.159 e. The van der Waals surface area contributed by atoms with Crippen LogP contribution in [0.3, 0.4) is 0 Å². The van der Waals surface area contributed by atoms with E-state index in [0.29, 0.717) is 17.9 Å². The van der Waals surface area contributed by atoms with Crippen LogP contribution < -0.4 is 0 Å². The molecular weight excluding hydrogens is 338 g/mol. The molecule has 0 fully saturated rings. The number of benzene rings is 2. The zero-order valence-electron chi connectivity index (χ0n) is 10.9. The summed E-state index contributed by atoms with van der Waals surface area (Å²) in [5.74, 6) is -1.12. The van der Waals surface area contributed by atoms with Crippen molar-refractivity contribution >= 4 is 15.9 Å². The molecule has 3 rings (SSSR count). The average molecular weight is 349 g/mol. The number of hydrogen-bond donors (Lipinski definition) is 0. The zero-order valence-corrected chi connectivity index (χ0v) is 12.5. The van der Waals surface area contributed by atoms with Gasteiger partial charge in [-0.05, 0) is 35.9 Å². The molecule has 0 bridgehead atoms. The number of hydrogen-bond acceptors (Lipinski definition) is 1. The zero-order chi connectivity index (χ0) is 14.8. The lowest BCUT2D eigenvalue weighted by Gasteiger charge is -2.08. The van der Waals surface area contributed by atoms with Crippen LogP contribution in [-0.2, 0) is 6.54 Å². The smallest absolute Gasteiger partial charge is 0.159 e. The molecule has 106 valence electrons. The third-order valence-corrected chi connectivity index (χ3v) is 3.69. The largest absolute Gasteiger partial charge is 0.327 e. The first-order valence-corrected chi connectivity index (χ1v) is 7.14. The van der Waals surface area contributed by atoms with Gasteiger partial charge in [-0.1, -0.05) is 28.1 Å². The monoisotopic (exact) mass is 348 g/mol. The van der Waals surface area contributed by atoms with E-state index < -0.39 is 11.6 Å². The van der Waals surface area contributed by atoms with Gasteiger partial charge in [-0.25, -0.2) is 13.8 Å². The van der Waals surface area contributed by atoms with Crippen molar-refractivity contribution in [2.75, 3.05) is 0 Å². The second kappa shape index (κ2) is 5.77. The topological polar surface area (TPSA) is 17.8 Å². The molecule has 0 radical (unpaired) electrons. The standard InChI is InChI=1S/C16H11BrF2N2/c17-13-4-1-11(2-5-13)10-21-8-7-20-16(21)12-3-6-14(18)15(19)9-12/h1-9H,10H2. The summed E-state index contributed by atoms with van der Waals surface area (Å²) in [6.45, 7) is 0.613. The number of rotatable bonds is 3. The van der Waals surface area contributed by atoms with Gasteiger partial charge in [-0.3, -0.25) is 0 Å². The minimum atomic E-state index is -0.870. The van der Waals surface area contributed by atoms with Crippen molar-refractivity contribution in [1.82, 2.24) is 9.55 Å². The predicted octanol–water partition coefficient (Wildman–Crippen LogP) is 4.64. The molecular formula is C16H11BrF2N2. The van der Waals surface area contributed by atoms with Gasteiger partial charge in [-0.15, -0.1) is 0 Å². The molecule has 0 spiro atoms. The normalized spacial score (nSPS) is 10.8. The van der Waals surface area contributed by atoms with E-state index in [1.807, 2.05) is 35.0 Å². The lowest BCUT2D eigenvalue weighted by Crippen LogP contribution is -2.01. The van der Waals surface area contributed by atoms with E-state index in [2.05, 4.69) is 20.9 Å². The van der Waals surface area contributed by atoms with Crippen LogP contribution in [0.5, 0.6) is 0 Å². The molecule has 0 unspecified atom stereocenters. The number of aromatic nitrogens is 2. The number of nitrogens with zero attached hydrogens (tertiary/aromatic N) is 2.